The smallest absolute Gasteiger partial charge is 0.302 e. The van der Waals surface area contributed by atoms with E-state index < -0.39 is 0 Å². The van der Waals surface area contributed by atoms with Gasteiger partial charge in [-0.25, -0.2) is 0 Å². The van der Waals surface area contributed by atoms with Gasteiger partial charge < -0.3 is 9.47 Å². The first-order chi connectivity index (χ1) is 17.5. The molecule has 214 valence electrons. The summed E-state index contributed by atoms with van der Waals surface area (Å²) in [5, 5.41) is 0. The Labute approximate surface area is 232 Å². The third-order valence-corrected chi connectivity index (χ3v) is 12.4. The third kappa shape index (κ3) is 4.81. The number of hydrogen-bond donors (Lipinski definition) is 0. The molecule has 8 atom stereocenters. The molecule has 4 fully saturated rings. The summed E-state index contributed by atoms with van der Waals surface area (Å²) in [6.45, 7) is 26.7. The minimum atomic E-state index is -0.159. The SMILES string of the molecule is C=C1CC[C@H]2C(C)(C)[C@@H](OC(C)=O)CC[C@]2(C)[C@H]1CC[C@H]1C(=C)CC[C@H]2C(C)(C)[C@@H](OC(C)=O)CC[C@]12C. The first-order valence-corrected chi connectivity index (χ1v) is 15.2. The summed E-state index contributed by atoms with van der Waals surface area (Å²) >= 11 is 0. The molecule has 0 heterocycles. The lowest BCUT2D eigenvalue weighted by Gasteiger charge is -2.61. The maximum atomic E-state index is 11.9. The van der Waals surface area contributed by atoms with Crippen LogP contribution in [0.15, 0.2) is 24.3 Å². The maximum absolute atomic E-state index is 11.9. The summed E-state index contributed by atoms with van der Waals surface area (Å²) in [5.41, 5.74) is 3.13. The highest BCUT2D eigenvalue weighted by atomic mass is 16.5. The number of carbonyl (C=O) groups is 2. The van der Waals surface area contributed by atoms with Crippen LogP contribution < -0.4 is 0 Å². The number of allylic oxidation sites excluding steroid dienone is 2. The lowest BCUT2D eigenvalue weighted by Crippen LogP contribution is -2.56. The molecule has 4 heteroatoms. The van der Waals surface area contributed by atoms with Crippen LogP contribution in [0.2, 0.25) is 0 Å². The second-order valence-electron chi connectivity index (χ2n) is 15.1. The Hall–Kier alpha value is -1.58. The molecule has 38 heavy (non-hydrogen) atoms. The van der Waals surface area contributed by atoms with E-state index in [1.807, 2.05) is 0 Å². The molecule has 0 aromatic rings. The summed E-state index contributed by atoms with van der Waals surface area (Å²) in [4.78, 5) is 23.7. The van der Waals surface area contributed by atoms with Crippen molar-refractivity contribution in [3.63, 3.8) is 0 Å². The van der Waals surface area contributed by atoms with Gasteiger partial charge in [0.1, 0.15) is 12.2 Å². The molecule has 0 bridgehead atoms. The molecular weight excluding hydrogens is 472 g/mol. The van der Waals surface area contributed by atoms with Gasteiger partial charge in [-0.2, -0.15) is 0 Å². The zero-order valence-electron chi connectivity index (χ0n) is 25.6. The van der Waals surface area contributed by atoms with Gasteiger partial charge in [-0.3, -0.25) is 9.59 Å². The summed E-state index contributed by atoms with van der Waals surface area (Å²) in [7, 11) is 0. The van der Waals surface area contributed by atoms with Crippen LogP contribution >= 0.6 is 0 Å². The quantitative estimate of drug-likeness (QED) is 0.266. The van der Waals surface area contributed by atoms with Crippen LogP contribution in [0.25, 0.3) is 0 Å². The highest BCUT2D eigenvalue weighted by molar-refractivity contribution is 5.66. The van der Waals surface area contributed by atoms with E-state index in [9.17, 15) is 9.59 Å². The van der Waals surface area contributed by atoms with E-state index in [-0.39, 0.29) is 45.8 Å². The number of ether oxygens (including phenoxy) is 2. The molecule has 4 saturated carbocycles. The van der Waals surface area contributed by atoms with Crippen molar-refractivity contribution < 1.29 is 19.1 Å². The largest absolute Gasteiger partial charge is 0.462 e. The molecule has 0 aliphatic heterocycles. The third-order valence-electron chi connectivity index (χ3n) is 12.4. The number of carbonyl (C=O) groups excluding carboxylic acids is 2. The Morgan fingerprint density at radius 2 is 1.03 bits per heavy atom. The maximum Gasteiger partial charge on any atom is 0.302 e. The van der Waals surface area contributed by atoms with E-state index in [1.54, 1.807) is 13.8 Å². The molecule has 0 unspecified atom stereocenters. The Morgan fingerprint density at radius 1 is 0.684 bits per heavy atom. The van der Waals surface area contributed by atoms with Crippen LogP contribution in [0, 0.1) is 45.3 Å². The standard InChI is InChI=1S/C34H54O4/c1-21-11-15-27-31(5,6)29(37-23(3)35)17-19-33(27,9)25(21)13-14-26-22(2)12-16-28-32(7,8)30(38-24(4)36)18-20-34(26,28)10/h25-30H,1-2,11-20H2,3-10H3/t25-,26-,27-,28-,29-,30-,33+,34+/m0/s1. The molecule has 4 nitrogen and oxygen atoms in total. The topological polar surface area (TPSA) is 52.6 Å². The van der Waals surface area contributed by atoms with Gasteiger partial charge in [0, 0.05) is 24.7 Å². The molecule has 0 saturated heterocycles. The van der Waals surface area contributed by atoms with E-state index in [0.29, 0.717) is 23.7 Å². The van der Waals surface area contributed by atoms with E-state index in [0.717, 1.165) is 64.2 Å². The van der Waals surface area contributed by atoms with Gasteiger partial charge in [0.05, 0.1) is 0 Å². The average Bonchev–Trinajstić information content (AvgIpc) is 2.78. The number of fused-ring (bicyclic) bond motifs is 2. The second-order valence-corrected chi connectivity index (χ2v) is 15.1. The van der Waals surface area contributed by atoms with Crippen molar-refractivity contribution in [3.8, 4) is 0 Å². The van der Waals surface area contributed by atoms with Gasteiger partial charge >= 0.3 is 11.9 Å². The minimum Gasteiger partial charge on any atom is -0.462 e. The number of hydrogen-bond acceptors (Lipinski definition) is 4. The predicted molar refractivity (Wildman–Crippen MR) is 153 cm³/mol. The Bertz CT molecular complexity index is 897. The van der Waals surface area contributed by atoms with Gasteiger partial charge in [0.25, 0.3) is 0 Å². The molecular formula is C34H54O4. The molecule has 4 rings (SSSR count). The van der Waals surface area contributed by atoms with Gasteiger partial charge in [0.15, 0.2) is 0 Å². The molecule has 0 N–H and O–H groups in total. The van der Waals surface area contributed by atoms with Crippen molar-refractivity contribution in [1.82, 2.24) is 0 Å². The van der Waals surface area contributed by atoms with E-state index in [4.69, 9.17) is 9.47 Å². The first kappa shape index (κ1) is 29.4. The van der Waals surface area contributed by atoms with Crippen molar-refractivity contribution in [2.24, 2.45) is 45.3 Å². The fraction of sp³-hybridized carbons (Fsp3) is 0.824. The number of esters is 2. The zero-order chi connectivity index (χ0) is 28.3. The van der Waals surface area contributed by atoms with Crippen LogP contribution in [-0.4, -0.2) is 24.1 Å². The Morgan fingerprint density at radius 3 is 1.34 bits per heavy atom. The van der Waals surface area contributed by atoms with E-state index in [2.05, 4.69) is 54.7 Å². The average molecular weight is 527 g/mol. The summed E-state index contributed by atoms with van der Waals surface area (Å²) in [6, 6.07) is 0. The lowest BCUT2D eigenvalue weighted by molar-refractivity contribution is -0.177. The molecule has 0 aromatic heterocycles. The molecule has 0 aromatic carbocycles. The monoisotopic (exact) mass is 526 g/mol. The minimum absolute atomic E-state index is 0.00230. The van der Waals surface area contributed by atoms with Gasteiger partial charge in [-0.1, -0.05) is 65.8 Å². The van der Waals surface area contributed by atoms with Crippen LogP contribution in [0.1, 0.15) is 120 Å². The van der Waals surface area contributed by atoms with Crippen molar-refractivity contribution >= 4 is 11.9 Å². The summed E-state index contributed by atoms with van der Waals surface area (Å²) < 4.78 is 11.7. The first-order valence-electron chi connectivity index (χ1n) is 15.2. The molecule has 0 radical (unpaired) electrons. The van der Waals surface area contributed by atoms with Crippen molar-refractivity contribution in [1.29, 1.82) is 0 Å². The predicted octanol–water partition coefficient (Wildman–Crippen LogP) is 8.45. The molecule has 4 aliphatic rings. The lowest BCUT2D eigenvalue weighted by atomic mass is 9.44. The Kier molecular flexibility index (Phi) is 7.82. The van der Waals surface area contributed by atoms with Crippen LogP contribution in [0.4, 0.5) is 0 Å². The summed E-state index contributed by atoms with van der Waals surface area (Å²) in [5.74, 6) is 1.68. The van der Waals surface area contributed by atoms with Crippen LogP contribution in [-0.2, 0) is 19.1 Å². The highest BCUT2D eigenvalue weighted by Crippen LogP contribution is 2.65. The second kappa shape index (κ2) is 10.1. The van der Waals surface area contributed by atoms with E-state index >= 15 is 0 Å². The Balaban J connectivity index is 1.55. The van der Waals surface area contributed by atoms with Crippen molar-refractivity contribution in [2.75, 3.05) is 0 Å². The molecule has 0 amide bonds. The van der Waals surface area contributed by atoms with E-state index in [1.165, 1.54) is 11.1 Å². The normalized spacial score (nSPS) is 42.0. The molecule has 4 aliphatic carbocycles. The van der Waals surface area contributed by atoms with Gasteiger partial charge in [-0.05, 0) is 98.7 Å². The van der Waals surface area contributed by atoms with Gasteiger partial charge in [-0.15, -0.1) is 0 Å². The van der Waals surface area contributed by atoms with Crippen LogP contribution in [0.3, 0.4) is 0 Å². The highest BCUT2D eigenvalue weighted by Gasteiger charge is 2.59. The fourth-order valence-electron chi connectivity index (χ4n) is 10.5. The van der Waals surface area contributed by atoms with Crippen molar-refractivity contribution in [3.05, 3.63) is 24.3 Å². The fourth-order valence-corrected chi connectivity index (χ4v) is 10.5. The van der Waals surface area contributed by atoms with Crippen molar-refractivity contribution in [2.45, 2.75) is 132 Å². The van der Waals surface area contributed by atoms with Gasteiger partial charge in [0.2, 0.25) is 0 Å². The number of rotatable bonds is 5. The summed E-state index contributed by atoms with van der Waals surface area (Å²) in [6.07, 6.45) is 10.8. The van der Waals surface area contributed by atoms with Crippen LogP contribution in [0.5, 0.6) is 0 Å². The zero-order valence-corrected chi connectivity index (χ0v) is 25.6. The molecule has 0 spiro atoms.